The number of nitrogens with one attached hydrogen (secondary N) is 2. The maximum Gasteiger partial charge on any atom is 0.228 e. The number of rotatable bonds is 8. The molecule has 2 aromatic heterocycles. The van der Waals surface area contributed by atoms with Crippen LogP contribution in [0.1, 0.15) is 45.1 Å². The van der Waals surface area contributed by atoms with E-state index in [1.807, 2.05) is 49.7 Å². The highest BCUT2D eigenvalue weighted by Crippen LogP contribution is 2.30. The van der Waals surface area contributed by atoms with Gasteiger partial charge in [0.15, 0.2) is 0 Å². The SMILES string of the molecule is CCN1CCC(C(=O)Nc2cc(Oc3ccc4c(c3)nc(Nc3ccc(F)c(C(C)C)c3)n4C)ccn2)CC1. The summed E-state index contributed by atoms with van der Waals surface area (Å²) in [5, 5.41) is 6.26. The molecule has 1 aliphatic heterocycles. The molecule has 2 N–H and O–H groups in total. The van der Waals surface area contributed by atoms with Gasteiger partial charge in [0.05, 0.1) is 11.0 Å². The van der Waals surface area contributed by atoms with Crippen LogP contribution in [0.25, 0.3) is 11.0 Å². The van der Waals surface area contributed by atoms with Gasteiger partial charge in [0.2, 0.25) is 11.9 Å². The predicted molar refractivity (Wildman–Crippen MR) is 152 cm³/mol. The Balaban J connectivity index is 1.28. The van der Waals surface area contributed by atoms with Crippen molar-refractivity contribution in [3.63, 3.8) is 0 Å². The molecule has 0 bridgehead atoms. The zero-order valence-electron chi connectivity index (χ0n) is 22.9. The molecule has 0 spiro atoms. The van der Waals surface area contributed by atoms with E-state index >= 15 is 0 Å². The molecule has 0 unspecified atom stereocenters. The van der Waals surface area contributed by atoms with Gasteiger partial charge >= 0.3 is 0 Å². The number of amides is 1. The first-order valence-electron chi connectivity index (χ1n) is 13.5. The number of piperidine rings is 1. The molecule has 1 aliphatic rings. The smallest absolute Gasteiger partial charge is 0.228 e. The van der Waals surface area contributed by atoms with Crippen LogP contribution in [0.2, 0.25) is 0 Å². The van der Waals surface area contributed by atoms with Crippen molar-refractivity contribution in [2.75, 3.05) is 30.3 Å². The number of imidazole rings is 1. The lowest BCUT2D eigenvalue weighted by Gasteiger charge is -2.30. The van der Waals surface area contributed by atoms with Crippen LogP contribution in [0, 0.1) is 11.7 Å². The van der Waals surface area contributed by atoms with Gasteiger partial charge in [-0.05, 0) is 80.4 Å². The number of aryl methyl sites for hydroxylation is 1. The number of likely N-dealkylation sites (tertiary alicyclic amines) is 1. The number of anilines is 3. The van der Waals surface area contributed by atoms with Gasteiger partial charge < -0.3 is 24.8 Å². The van der Waals surface area contributed by atoms with Crippen molar-refractivity contribution in [3.05, 3.63) is 66.1 Å². The van der Waals surface area contributed by atoms with E-state index in [4.69, 9.17) is 9.72 Å². The van der Waals surface area contributed by atoms with Crippen LogP contribution in [0.4, 0.5) is 21.8 Å². The molecule has 4 aromatic rings. The van der Waals surface area contributed by atoms with E-state index in [-0.39, 0.29) is 23.6 Å². The first-order valence-corrected chi connectivity index (χ1v) is 13.5. The first-order chi connectivity index (χ1) is 18.8. The maximum absolute atomic E-state index is 14.1. The minimum atomic E-state index is -0.210. The zero-order valence-corrected chi connectivity index (χ0v) is 22.9. The van der Waals surface area contributed by atoms with Crippen molar-refractivity contribution < 1.29 is 13.9 Å². The molecule has 0 atom stereocenters. The number of pyridine rings is 1. The fraction of sp³-hybridized carbons (Fsp3) is 0.367. The number of halogens is 1. The van der Waals surface area contributed by atoms with Crippen molar-refractivity contribution in [2.24, 2.45) is 13.0 Å². The third-order valence-corrected chi connectivity index (χ3v) is 7.35. The van der Waals surface area contributed by atoms with E-state index in [1.54, 1.807) is 24.4 Å². The summed E-state index contributed by atoms with van der Waals surface area (Å²) in [7, 11) is 1.93. The van der Waals surface area contributed by atoms with E-state index in [2.05, 4.69) is 27.4 Å². The number of benzene rings is 2. The van der Waals surface area contributed by atoms with Crippen LogP contribution in [0.3, 0.4) is 0 Å². The lowest BCUT2D eigenvalue weighted by molar-refractivity contribution is -0.121. The van der Waals surface area contributed by atoms with E-state index in [9.17, 15) is 9.18 Å². The van der Waals surface area contributed by atoms with Crippen LogP contribution in [0.15, 0.2) is 54.7 Å². The molecule has 8 nitrogen and oxygen atoms in total. The molecule has 204 valence electrons. The molecule has 3 heterocycles. The lowest BCUT2D eigenvalue weighted by Crippen LogP contribution is -2.38. The van der Waals surface area contributed by atoms with Gasteiger partial charge in [-0.3, -0.25) is 4.79 Å². The Morgan fingerprint density at radius 1 is 1.10 bits per heavy atom. The van der Waals surface area contributed by atoms with E-state index in [1.165, 1.54) is 6.07 Å². The highest BCUT2D eigenvalue weighted by molar-refractivity contribution is 5.92. The third-order valence-electron chi connectivity index (χ3n) is 7.35. The maximum atomic E-state index is 14.1. The topological polar surface area (TPSA) is 84.3 Å². The van der Waals surface area contributed by atoms with Crippen LogP contribution in [-0.4, -0.2) is 45.0 Å². The molecule has 9 heteroatoms. The summed E-state index contributed by atoms with van der Waals surface area (Å²) in [4.78, 5) is 24.2. The van der Waals surface area contributed by atoms with Crippen LogP contribution < -0.4 is 15.4 Å². The summed E-state index contributed by atoms with van der Waals surface area (Å²) >= 11 is 0. The Morgan fingerprint density at radius 2 is 1.87 bits per heavy atom. The van der Waals surface area contributed by atoms with Gasteiger partial charge in [0.25, 0.3) is 0 Å². The highest BCUT2D eigenvalue weighted by Gasteiger charge is 2.24. The summed E-state index contributed by atoms with van der Waals surface area (Å²) < 4.78 is 22.2. The van der Waals surface area contributed by atoms with E-state index in [0.717, 1.165) is 49.2 Å². The van der Waals surface area contributed by atoms with Gasteiger partial charge in [-0.2, -0.15) is 0 Å². The summed E-state index contributed by atoms with van der Waals surface area (Å²) in [6.45, 7) is 8.99. The molecule has 5 rings (SSSR count). The number of nitrogens with zero attached hydrogens (tertiary/aromatic N) is 4. The zero-order chi connectivity index (χ0) is 27.5. The standard InChI is InChI=1S/C30H35FN6O2/c1-5-37-14-11-20(12-15-37)29(38)35-28-18-23(10-13-32-28)39-22-7-9-27-26(17-22)34-30(36(27)4)33-21-6-8-25(31)24(16-21)19(2)3/h6-10,13,16-20H,5,11-12,14-15H2,1-4H3,(H,33,34)(H,32,35,38). The number of hydrogen-bond donors (Lipinski definition) is 2. The summed E-state index contributed by atoms with van der Waals surface area (Å²) in [6, 6.07) is 14.2. The quantitative estimate of drug-likeness (QED) is 0.273. The monoisotopic (exact) mass is 530 g/mol. The molecule has 1 amide bonds. The minimum absolute atomic E-state index is 0.000383. The predicted octanol–water partition coefficient (Wildman–Crippen LogP) is 6.44. The Bertz CT molecular complexity index is 1480. The molecular formula is C30H35FN6O2. The molecule has 1 saturated heterocycles. The number of ether oxygens (including phenoxy) is 1. The van der Waals surface area contributed by atoms with Crippen LogP contribution in [-0.2, 0) is 11.8 Å². The number of carbonyl (C=O) groups excluding carboxylic acids is 1. The molecular weight excluding hydrogens is 495 g/mol. The molecule has 0 radical (unpaired) electrons. The summed E-state index contributed by atoms with van der Waals surface area (Å²) in [6.07, 6.45) is 3.34. The van der Waals surface area contributed by atoms with E-state index < -0.39 is 0 Å². The van der Waals surface area contributed by atoms with Crippen molar-refractivity contribution >= 4 is 34.4 Å². The first kappa shape index (κ1) is 26.6. The van der Waals surface area contributed by atoms with Crippen molar-refractivity contribution in [1.29, 1.82) is 0 Å². The van der Waals surface area contributed by atoms with Gasteiger partial charge in [-0.15, -0.1) is 0 Å². The van der Waals surface area contributed by atoms with Crippen LogP contribution >= 0.6 is 0 Å². The van der Waals surface area contributed by atoms with E-state index in [0.29, 0.717) is 28.8 Å². The fourth-order valence-electron chi connectivity index (χ4n) is 4.97. The Labute approximate surface area is 228 Å². The van der Waals surface area contributed by atoms with Gasteiger partial charge in [0.1, 0.15) is 23.1 Å². The number of hydrogen-bond acceptors (Lipinski definition) is 6. The van der Waals surface area contributed by atoms with Gasteiger partial charge in [0, 0.05) is 37.0 Å². The summed E-state index contributed by atoms with van der Waals surface area (Å²) in [5.41, 5.74) is 3.11. The second-order valence-corrected chi connectivity index (χ2v) is 10.3. The Morgan fingerprint density at radius 3 is 2.62 bits per heavy atom. The molecule has 0 aliphatic carbocycles. The molecule has 39 heavy (non-hydrogen) atoms. The normalized spacial score (nSPS) is 14.6. The second-order valence-electron chi connectivity index (χ2n) is 10.3. The van der Waals surface area contributed by atoms with Gasteiger partial charge in [-0.1, -0.05) is 20.8 Å². The lowest BCUT2D eigenvalue weighted by atomic mass is 9.96. The molecule has 0 saturated carbocycles. The molecule has 2 aromatic carbocycles. The Kier molecular flexibility index (Phi) is 7.79. The van der Waals surface area contributed by atoms with Gasteiger partial charge in [-0.25, -0.2) is 14.4 Å². The Hall–Kier alpha value is -3.98. The highest BCUT2D eigenvalue weighted by atomic mass is 19.1. The third kappa shape index (κ3) is 6.04. The van der Waals surface area contributed by atoms with Crippen LogP contribution in [0.5, 0.6) is 11.5 Å². The summed E-state index contributed by atoms with van der Waals surface area (Å²) in [5.74, 6) is 2.18. The van der Waals surface area contributed by atoms with Crippen molar-refractivity contribution in [1.82, 2.24) is 19.4 Å². The van der Waals surface area contributed by atoms with Crippen molar-refractivity contribution in [3.8, 4) is 11.5 Å². The average Bonchev–Trinajstić information content (AvgIpc) is 3.23. The number of carbonyl (C=O) groups is 1. The number of fused-ring (bicyclic) bond motifs is 1. The minimum Gasteiger partial charge on any atom is -0.457 e. The largest absolute Gasteiger partial charge is 0.457 e. The fourth-order valence-corrected chi connectivity index (χ4v) is 4.97. The van der Waals surface area contributed by atoms with Crippen molar-refractivity contribution in [2.45, 2.75) is 39.5 Å². The number of aromatic nitrogens is 3. The second kappa shape index (κ2) is 11.4. The molecule has 1 fully saturated rings. The average molecular weight is 531 g/mol.